The van der Waals surface area contributed by atoms with Gasteiger partial charge in [0.25, 0.3) is 0 Å². The Bertz CT molecular complexity index is 413. The van der Waals surface area contributed by atoms with Crippen LogP contribution in [0.4, 0.5) is 0 Å². The Balaban J connectivity index is 1.96. The lowest BCUT2D eigenvalue weighted by atomic mass is 9.98. The van der Waals surface area contributed by atoms with Gasteiger partial charge >= 0.3 is 5.97 Å². The first-order valence-electron chi connectivity index (χ1n) is 6.91. The molecule has 0 aromatic rings. The van der Waals surface area contributed by atoms with Crippen LogP contribution < -0.4 is 5.32 Å². The van der Waals surface area contributed by atoms with Crippen molar-refractivity contribution in [3.8, 4) is 0 Å². The van der Waals surface area contributed by atoms with E-state index < -0.39 is 16.0 Å². The quantitative estimate of drug-likeness (QED) is 0.702. The SMILES string of the molecule is O=C(O)CCS(=O)(=O)N(CC1CCNCC1)C1CC1. The van der Waals surface area contributed by atoms with Gasteiger partial charge in [-0.05, 0) is 44.7 Å². The minimum Gasteiger partial charge on any atom is -0.481 e. The van der Waals surface area contributed by atoms with Crippen molar-refractivity contribution in [3.63, 3.8) is 0 Å². The molecule has 110 valence electrons. The van der Waals surface area contributed by atoms with Crippen molar-refractivity contribution < 1.29 is 18.3 Å². The Hall–Kier alpha value is -0.660. The van der Waals surface area contributed by atoms with Crippen molar-refractivity contribution in [3.05, 3.63) is 0 Å². The number of sulfonamides is 1. The number of carboxylic acid groups (broad SMARTS) is 1. The zero-order valence-electron chi connectivity index (χ0n) is 11.0. The summed E-state index contributed by atoms with van der Waals surface area (Å²) < 4.78 is 26.0. The average Bonchev–Trinajstić information content (AvgIpc) is 3.19. The van der Waals surface area contributed by atoms with Gasteiger partial charge in [-0.15, -0.1) is 0 Å². The van der Waals surface area contributed by atoms with Crippen LogP contribution in [-0.4, -0.2) is 55.2 Å². The molecule has 7 heteroatoms. The molecule has 0 spiro atoms. The van der Waals surface area contributed by atoms with Gasteiger partial charge in [0.2, 0.25) is 10.0 Å². The molecule has 6 nitrogen and oxygen atoms in total. The van der Waals surface area contributed by atoms with Crippen LogP contribution in [0, 0.1) is 5.92 Å². The molecule has 0 atom stereocenters. The molecule has 0 bridgehead atoms. The lowest BCUT2D eigenvalue weighted by molar-refractivity contribution is -0.136. The number of piperidine rings is 1. The third-order valence-corrected chi connectivity index (χ3v) is 5.66. The summed E-state index contributed by atoms with van der Waals surface area (Å²) in [6.07, 6.45) is 3.52. The molecular weight excluding hydrogens is 268 g/mol. The third-order valence-electron chi connectivity index (χ3n) is 3.78. The molecule has 1 aliphatic heterocycles. The number of nitrogens with zero attached hydrogens (tertiary/aromatic N) is 1. The maximum absolute atomic E-state index is 12.2. The van der Waals surface area contributed by atoms with Crippen LogP contribution in [0.1, 0.15) is 32.1 Å². The first kappa shape index (κ1) is 14.7. The summed E-state index contributed by atoms with van der Waals surface area (Å²) in [4.78, 5) is 10.6. The van der Waals surface area contributed by atoms with Crippen molar-refractivity contribution in [2.24, 2.45) is 5.92 Å². The zero-order valence-corrected chi connectivity index (χ0v) is 11.9. The molecule has 0 aromatic carbocycles. The van der Waals surface area contributed by atoms with Gasteiger partial charge in [-0.2, -0.15) is 4.31 Å². The number of hydrogen-bond donors (Lipinski definition) is 2. The number of aliphatic carboxylic acids is 1. The van der Waals surface area contributed by atoms with Gasteiger partial charge in [0.1, 0.15) is 0 Å². The molecule has 1 saturated carbocycles. The maximum Gasteiger partial charge on any atom is 0.304 e. The monoisotopic (exact) mass is 290 g/mol. The van der Waals surface area contributed by atoms with Crippen LogP contribution in [0.15, 0.2) is 0 Å². The average molecular weight is 290 g/mol. The Morgan fingerprint density at radius 3 is 2.37 bits per heavy atom. The van der Waals surface area contributed by atoms with Crippen molar-refractivity contribution >= 4 is 16.0 Å². The van der Waals surface area contributed by atoms with Crippen LogP contribution in [0.2, 0.25) is 0 Å². The number of rotatable bonds is 7. The largest absolute Gasteiger partial charge is 0.481 e. The number of hydrogen-bond acceptors (Lipinski definition) is 4. The molecule has 0 amide bonds. The van der Waals surface area contributed by atoms with Crippen molar-refractivity contribution in [2.45, 2.75) is 38.1 Å². The van der Waals surface area contributed by atoms with Gasteiger partial charge < -0.3 is 10.4 Å². The zero-order chi connectivity index (χ0) is 13.9. The molecular formula is C12H22N2O4S. The third kappa shape index (κ3) is 4.43. The minimum atomic E-state index is -3.42. The molecule has 0 radical (unpaired) electrons. The second-order valence-electron chi connectivity index (χ2n) is 5.45. The van der Waals surface area contributed by atoms with E-state index in [4.69, 9.17) is 5.11 Å². The first-order valence-corrected chi connectivity index (χ1v) is 8.52. The normalized spacial score (nSPS) is 21.7. The Labute approximate surface area is 114 Å². The highest BCUT2D eigenvalue weighted by atomic mass is 32.2. The second-order valence-corrected chi connectivity index (χ2v) is 7.50. The van der Waals surface area contributed by atoms with E-state index in [1.165, 1.54) is 0 Å². The summed E-state index contributed by atoms with van der Waals surface area (Å²) in [6, 6.07) is 0.119. The summed E-state index contributed by atoms with van der Waals surface area (Å²) in [7, 11) is -3.42. The van der Waals surface area contributed by atoms with E-state index in [9.17, 15) is 13.2 Å². The van der Waals surface area contributed by atoms with E-state index in [1.54, 1.807) is 4.31 Å². The van der Waals surface area contributed by atoms with Gasteiger partial charge in [0.15, 0.2) is 0 Å². The predicted molar refractivity (Wildman–Crippen MR) is 71.4 cm³/mol. The lowest BCUT2D eigenvalue weighted by Gasteiger charge is -2.29. The highest BCUT2D eigenvalue weighted by Gasteiger charge is 2.38. The lowest BCUT2D eigenvalue weighted by Crippen LogP contribution is -2.41. The number of nitrogens with one attached hydrogen (secondary N) is 1. The van der Waals surface area contributed by atoms with Crippen molar-refractivity contribution in [2.75, 3.05) is 25.4 Å². The molecule has 19 heavy (non-hydrogen) atoms. The fraction of sp³-hybridized carbons (Fsp3) is 0.917. The topological polar surface area (TPSA) is 86.7 Å². The van der Waals surface area contributed by atoms with Crippen LogP contribution >= 0.6 is 0 Å². The Kier molecular flexibility index (Phi) is 4.81. The molecule has 1 heterocycles. The summed E-state index contributed by atoms with van der Waals surface area (Å²) in [6.45, 7) is 2.45. The summed E-state index contributed by atoms with van der Waals surface area (Å²) in [5, 5.41) is 11.9. The van der Waals surface area contributed by atoms with Crippen molar-refractivity contribution in [1.29, 1.82) is 0 Å². The number of carbonyl (C=O) groups is 1. The first-order chi connectivity index (χ1) is 8.99. The molecule has 1 aliphatic carbocycles. The van der Waals surface area contributed by atoms with Crippen LogP contribution in [0.5, 0.6) is 0 Å². The smallest absolute Gasteiger partial charge is 0.304 e. The Morgan fingerprint density at radius 1 is 1.21 bits per heavy atom. The molecule has 2 fully saturated rings. The number of carboxylic acids is 1. The fourth-order valence-electron chi connectivity index (χ4n) is 2.50. The molecule has 1 saturated heterocycles. The summed E-state index contributed by atoms with van der Waals surface area (Å²) in [5.74, 6) is -0.924. The standard InChI is InChI=1S/C12H22N2O4S/c15-12(16)5-8-19(17,18)14(11-1-2-11)9-10-3-6-13-7-4-10/h10-11,13H,1-9H2,(H,15,16). The molecule has 2 rings (SSSR count). The van der Waals surface area contributed by atoms with Gasteiger partial charge in [-0.1, -0.05) is 0 Å². The van der Waals surface area contributed by atoms with E-state index in [-0.39, 0.29) is 18.2 Å². The van der Waals surface area contributed by atoms with E-state index in [0.29, 0.717) is 12.5 Å². The van der Waals surface area contributed by atoms with Crippen LogP contribution in [0.25, 0.3) is 0 Å². The van der Waals surface area contributed by atoms with Crippen molar-refractivity contribution in [1.82, 2.24) is 9.62 Å². The fourth-order valence-corrected chi connectivity index (χ4v) is 4.27. The molecule has 0 aromatic heterocycles. The highest BCUT2D eigenvalue weighted by molar-refractivity contribution is 7.89. The Morgan fingerprint density at radius 2 is 1.84 bits per heavy atom. The predicted octanol–water partition coefficient (Wildman–Crippen LogP) is 0.255. The van der Waals surface area contributed by atoms with Gasteiger partial charge in [0, 0.05) is 12.6 Å². The van der Waals surface area contributed by atoms with Gasteiger partial charge in [-0.25, -0.2) is 8.42 Å². The second kappa shape index (κ2) is 6.19. The van der Waals surface area contributed by atoms with Crippen LogP contribution in [0.3, 0.4) is 0 Å². The highest BCUT2D eigenvalue weighted by Crippen LogP contribution is 2.31. The molecule has 2 N–H and O–H groups in total. The van der Waals surface area contributed by atoms with E-state index in [0.717, 1.165) is 38.8 Å². The summed E-state index contributed by atoms with van der Waals surface area (Å²) >= 11 is 0. The molecule has 0 unspecified atom stereocenters. The van der Waals surface area contributed by atoms with E-state index in [1.807, 2.05) is 0 Å². The van der Waals surface area contributed by atoms with Crippen LogP contribution in [-0.2, 0) is 14.8 Å². The summed E-state index contributed by atoms with van der Waals surface area (Å²) in [5.41, 5.74) is 0. The van der Waals surface area contributed by atoms with Gasteiger partial charge in [0.05, 0.1) is 12.2 Å². The van der Waals surface area contributed by atoms with E-state index >= 15 is 0 Å². The van der Waals surface area contributed by atoms with Gasteiger partial charge in [-0.3, -0.25) is 4.79 Å². The van der Waals surface area contributed by atoms with E-state index in [2.05, 4.69) is 5.32 Å². The molecule has 2 aliphatic rings. The maximum atomic E-state index is 12.2. The minimum absolute atomic E-state index is 0.119.